The Kier molecular flexibility index (Phi) is 6.49. The molecular weight excluding hydrogens is 362 g/mol. The fourth-order valence-electron chi connectivity index (χ4n) is 3.27. The van der Waals surface area contributed by atoms with Crippen molar-refractivity contribution < 1.29 is 0 Å². The van der Waals surface area contributed by atoms with Gasteiger partial charge in [0.15, 0.2) is 5.84 Å². The molecule has 7 heteroatoms. The van der Waals surface area contributed by atoms with Gasteiger partial charge in [-0.05, 0) is 25.8 Å². The van der Waals surface area contributed by atoms with Gasteiger partial charge in [0.05, 0.1) is 11.9 Å². The van der Waals surface area contributed by atoms with E-state index in [1.807, 2.05) is 50.5 Å². The SMILES string of the molecule is C=C(/C=N\N(C)C)/C(=C/C)N1C=CN=C(Nc2ccnc(N3CCCC3)c2)C1=C. The Hall–Kier alpha value is -3.35. The Morgan fingerprint density at radius 2 is 2.07 bits per heavy atom. The van der Waals surface area contributed by atoms with E-state index in [9.17, 15) is 0 Å². The molecule has 1 aromatic rings. The average molecular weight is 392 g/mol. The fraction of sp³-hybridized carbons (Fsp3) is 0.318. The number of rotatable bonds is 6. The Balaban J connectivity index is 1.74. The molecule has 1 fully saturated rings. The van der Waals surface area contributed by atoms with Crippen LogP contribution in [0.2, 0.25) is 0 Å². The predicted molar refractivity (Wildman–Crippen MR) is 122 cm³/mol. The van der Waals surface area contributed by atoms with Gasteiger partial charge in [-0.15, -0.1) is 0 Å². The molecule has 0 aliphatic carbocycles. The summed E-state index contributed by atoms with van der Waals surface area (Å²) in [5, 5.41) is 9.39. The lowest BCUT2D eigenvalue weighted by Gasteiger charge is -2.29. The lowest BCUT2D eigenvalue weighted by atomic mass is 10.1. The Morgan fingerprint density at radius 3 is 2.76 bits per heavy atom. The normalized spacial score (nSPS) is 17.1. The van der Waals surface area contributed by atoms with E-state index < -0.39 is 0 Å². The van der Waals surface area contributed by atoms with Crippen LogP contribution in [0.4, 0.5) is 11.5 Å². The number of amidine groups is 1. The zero-order valence-corrected chi connectivity index (χ0v) is 17.5. The molecule has 0 aromatic carbocycles. The van der Waals surface area contributed by atoms with Gasteiger partial charge in [0.1, 0.15) is 5.82 Å². The number of aromatic nitrogens is 1. The summed E-state index contributed by atoms with van der Waals surface area (Å²) in [5.74, 6) is 1.67. The molecular formula is C22H29N7. The first-order valence-electron chi connectivity index (χ1n) is 9.77. The van der Waals surface area contributed by atoms with Crippen molar-refractivity contribution in [2.24, 2.45) is 10.1 Å². The maximum absolute atomic E-state index is 4.51. The molecule has 3 rings (SSSR count). The number of nitrogens with zero attached hydrogens (tertiary/aromatic N) is 6. The van der Waals surface area contributed by atoms with Crippen LogP contribution >= 0.6 is 0 Å². The van der Waals surface area contributed by atoms with Crippen molar-refractivity contribution in [3.8, 4) is 0 Å². The Morgan fingerprint density at radius 1 is 1.31 bits per heavy atom. The van der Waals surface area contributed by atoms with Crippen LogP contribution in [-0.4, -0.2) is 54.1 Å². The largest absolute Gasteiger partial charge is 0.357 e. The van der Waals surface area contributed by atoms with E-state index >= 15 is 0 Å². The minimum absolute atomic E-state index is 0.683. The van der Waals surface area contributed by atoms with Crippen LogP contribution in [0.1, 0.15) is 19.8 Å². The van der Waals surface area contributed by atoms with Crippen LogP contribution in [0, 0.1) is 0 Å². The van der Waals surface area contributed by atoms with Crippen molar-refractivity contribution in [3.05, 3.63) is 66.9 Å². The van der Waals surface area contributed by atoms with Gasteiger partial charge in [0.25, 0.3) is 0 Å². The Labute approximate surface area is 173 Å². The maximum atomic E-state index is 4.51. The van der Waals surface area contributed by atoms with E-state index in [2.05, 4.69) is 44.5 Å². The molecule has 1 saturated heterocycles. The first-order valence-corrected chi connectivity index (χ1v) is 9.77. The van der Waals surface area contributed by atoms with Gasteiger partial charge in [-0.25, -0.2) is 9.98 Å². The van der Waals surface area contributed by atoms with E-state index in [1.165, 1.54) is 12.8 Å². The summed E-state index contributed by atoms with van der Waals surface area (Å²) in [6, 6.07) is 4.00. The monoisotopic (exact) mass is 391 g/mol. The van der Waals surface area contributed by atoms with Crippen LogP contribution in [0.25, 0.3) is 0 Å². The minimum Gasteiger partial charge on any atom is -0.357 e. The van der Waals surface area contributed by atoms with Gasteiger partial charge in [-0.3, -0.25) is 0 Å². The second-order valence-corrected chi connectivity index (χ2v) is 7.11. The van der Waals surface area contributed by atoms with Crippen LogP contribution < -0.4 is 10.2 Å². The molecule has 0 amide bonds. The summed E-state index contributed by atoms with van der Waals surface area (Å²) in [5.41, 5.74) is 3.36. The molecule has 29 heavy (non-hydrogen) atoms. The van der Waals surface area contributed by atoms with Gasteiger partial charge < -0.3 is 20.1 Å². The van der Waals surface area contributed by atoms with Gasteiger partial charge in [-0.1, -0.05) is 19.2 Å². The quantitative estimate of drug-likeness (QED) is 0.454. The molecule has 3 heterocycles. The average Bonchev–Trinajstić information content (AvgIpc) is 3.25. The molecule has 0 radical (unpaired) electrons. The molecule has 0 saturated carbocycles. The second-order valence-electron chi connectivity index (χ2n) is 7.11. The van der Waals surface area contributed by atoms with Crippen molar-refractivity contribution in [1.82, 2.24) is 14.9 Å². The number of hydrazone groups is 1. The summed E-state index contributed by atoms with van der Waals surface area (Å²) in [4.78, 5) is 13.3. The molecule has 152 valence electrons. The van der Waals surface area contributed by atoms with Crippen molar-refractivity contribution in [3.63, 3.8) is 0 Å². The number of nitrogens with one attached hydrogen (secondary N) is 1. The third kappa shape index (κ3) is 4.93. The van der Waals surface area contributed by atoms with E-state index in [-0.39, 0.29) is 0 Å². The van der Waals surface area contributed by atoms with Crippen molar-refractivity contribution >= 4 is 23.6 Å². The molecule has 2 aliphatic rings. The highest BCUT2D eigenvalue weighted by Gasteiger charge is 2.20. The van der Waals surface area contributed by atoms with E-state index in [4.69, 9.17) is 0 Å². The number of pyridine rings is 1. The number of allylic oxidation sites excluding steroid dienone is 2. The molecule has 1 aromatic heterocycles. The first-order chi connectivity index (χ1) is 14.0. The van der Waals surface area contributed by atoms with E-state index in [1.54, 1.807) is 17.4 Å². The lowest BCUT2D eigenvalue weighted by molar-refractivity contribution is 0.440. The van der Waals surface area contributed by atoms with Crippen molar-refractivity contribution in [1.29, 1.82) is 0 Å². The van der Waals surface area contributed by atoms with Crippen LogP contribution in [0.15, 0.2) is 77.0 Å². The summed E-state index contributed by atoms with van der Waals surface area (Å²) in [7, 11) is 3.75. The van der Waals surface area contributed by atoms with Gasteiger partial charge in [-0.2, -0.15) is 5.10 Å². The van der Waals surface area contributed by atoms with Gasteiger partial charge >= 0.3 is 0 Å². The third-order valence-electron chi connectivity index (χ3n) is 4.73. The first kappa shape index (κ1) is 20.4. The third-order valence-corrected chi connectivity index (χ3v) is 4.73. The molecule has 0 spiro atoms. The molecule has 0 bridgehead atoms. The zero-order chi connectivity index (χ0) is 20.8. The van der Waals surface area contributed by atoms with Crippen LogP contribution in [0.3, 0.4) is 0 Å². The zero-order valence-electron chi connectivity index (χ0n) is 17.5. The standard InChI is InChI=1S/C22H29N7/c1-6-20(17(2)16-25-27(4)5)29-14-11-24-22(18(29)3)26-19-9-10-23-21(15-19)28-12-7-8-13-28/h6,9-11,14-16H,2-3,7-8,12-13H2,1,4-5H3,(H,23,24,26)/b20-6-,25-16-. The number of hydrogen-bond donors (Lipinski definition) is 1. The van der Waals surface area contributed by atoms with Crippen molar-refractivity contribution in [2.75, 3.05) is 37.4 Å². The highest BCUT2D eigenvalue weighted by atomic mass is 15.4. The van der Waals surface area contributed by atoms with Gasteiger partial charge in [0.2, 0.25) is 0 Å². The maximum Gasteiger partial charge on any atom is 0.154 e. The van der Waals surface area contributed by atoms with Gasteiger partial charge in [0, 0.05) is 68.8 Å². The summed E-state index contributed by atoms with van der Waals surface area (Å²) >= 11 is 0. The smallest absolute Gasteiger partial charge is 0.154 e. The predicted octanol–water partition coefficient (Wildman–Crippen LogP) is 3.80. The lowest BCUT2D eigenvalue weighted by Crippen LogP contribution is -2.29. The molecule has 1 N–H and O–H groups in total. The second kappa shape index (κ2) is 9.23. The number of hydrogen-bond acceptors (Lipinski definition) is 7. The van der Waals surface area contributed by atoms with E-state index in [0.29, 0.717) is 5.84 Å². The minimum atomic E-state index is 0.683. The van der Waals surface area contributed by atoms with Crippen LogP contribution in [0.5, 0.6) is 0 Å². The summed E-state index contributed by atoms with van der Waals surface area (Å²) in [6.45, 7) is 12.5. The Bertz CT molecular complexity index is 886. The summed E-state index contributed by atoms with van der Waals surface area (Å²) < 4.78 is 0. The fourth-order valence-corrected chi connectivity index (χ4v) is 3.27. The van der Waals surface area contributed by atoms with E-state index in [0.717, 1.165) is 41.6 Å². The topological polar surface area (TPSA) is 59.4 Å². The number of aliphatic imine (C=N–C) groups is 1. The number of anilines is 2. The molecule has 0 atom stereocenters. The highest BCUT2D eigenvalue weighted by molar-refractivity contribution is 6.08. The molecule has 2 aliphatic heterocycles. The van der Waals surface area contributed by atoms with Crippen molar-refractivity contribution in [2.45, 2.75) is 19.8 Å². The summed E-state index contributed by atoms with van der Waals surface area (Å²) in [6.07, 6.45) is 11.6. The van der Waals surface area contributed by atoms with Crippen LogP contribution in [-0.2, 0) is 0 Å². The molecule has 7 nitrogen and oxygen atoms in total. The highest BCUT2D eigenvalue weighted by Crippen LogP contribution is 2.25. The molecule has 0 unspecified atom stereocenters.